The zero-order valence-corrected chi connectivity index (χ0v) is 20.2. The lowest BCUT2D eigenvalue weighted by Gasteiger charge is -2.47. The molecular weight excluding hydrogens is 402 g/mol. The van der Waals surface area contributed by atoms with Crippen LogP contribution in [0.15, 0.2) is 6.08 Å². The van der Waals surface area contributed by atoms with Crippen LogP contribution in [0.3, 0.4) is 0 Å². The molecule has 0 amide bonds. The molecule has 2 heterocycles. The maximum Gasteiger partial charge on any atom is 0.512 e. The Bertz CT molecular complexity index is 713. The van der Waals surface area contributed by atoms with E-state index in [1.54, 1.807) is 6.92 Å². The first-order valence-electron chi connectivity index (χ1n) is 11.0. The van der Waals surface area contributed by atoms with Crippen molar-refractivity contribution in [1.29, 1.82) is 0 Å². The molecule has 2 atom stereocenters. The number of hydrogen-bond donors (Lipinski definition) is 0. The number of carbonyl (C=O) groups excluding carboxylic acids is 1. The molecule has 0 N–H and O–H groups in total. The van der Waals surface area contributed by atoms with Gasteiger partial charge in [-0.15, -0.1) is 4.37 Å². The molecule has 0 radical (unpaired) electrons. The predicted octanol–water partition coefficient (Wildman–Crippen LogP) is 5.28. The summed E-state index contributed by atoms with van der Waals surface area (Å²) in [4.78, 5) is 12.1. The van der Waals surface area contributed by atoms with Gasteiger partial charge in [-0.25, -0.2) is 4.79 Å². The van der Waals surface area contributed by atoms with E-state index in [0.29, 0.717) is 30.1 Å². The minimum Gasteiger partial charge on any atom is -0.475 e. The van der Waals surface area contributed by atoms with E-state index in [-0.39, 0.29) is 11.6 Å². The van der Waals surface area contributed by atoms with Crippen LogP contribution in [0, 0.1) is 5.41 Å². The zero-order valence-electron chi connectivity index (χ0n) is 19.4. The van der Waals surface area contributed by atoms with Crippen LogP contribution in [0.4, 0.5) is 4.79 Å². The predicted molar refractivity (Wildman–Crippen MR) is 119 cm³/mol. The number of nitrogens with zero attached hydrogens (tertiary/aromatic N) is 3. The van der Waals surface area contributed by atoms with Gasteiger partial charge in [0.25, 0.3) is 5.88 Å². The SMILES string of the molecule is CCCCCCOc1nsnc1C1=CCC[N+](C)(C(OC(=O)OCC)C(C)(C)C)C1. The van der Waals surface area contributed by atoms with E-state index < -0.39 is 6.16 Å². The van der Waals surface area contributed by atoms with Gasteiger partial charge in [0.1, 0.15) is 12.2 Å². The Hall–Kier alpha value is -1.67. The molecule has 1 aromatic heterocycles. The average Bonchev–Trinajstić information content (AvgIpc) is 3.14. The summed E-state index contributed by atoms with van der Waals surface area (Å²) >= 11 is 1.18. The molecule has 0 saturated heterocycles. The number of aromatic nitrogens is 2. The molecule has 30 heavy (non-hydrogen) atoms. The molecular formula is C22H38N3O4S+. The number of hydrogen-bond acceptors (Lipinski definition) is 7. The lowest BCUT2D eigenvalue weighted by molar-refractivity contribution is -0.954. The molecule has 170 valence electrons. The molecule has 8 heteroatoms. The molecule has 0 saturated carbocycles. The summed E-state index contributed by atoms with van der Waals surface area (Å²) in [5, 5.41) is 0. The van der Waals surface area contributed by atoms with Crippen LogP contribution >= 0.6 is 11.7 Å². The molecule has 1 aliphatic rings. The molecule has 0 fully saturated rings. The van der Waals surface area contributed by atoms with E-state index in [2.05, 4.69) is 49.6 Å². The van der Waals surface area contributed by atoms with E-state index in [9.17, 15) is 4.79 Å². The van der Waals surface area contributed by atoms with Crippen molar-refractivity contribution in [2.24, 2.45) is 5.41 Å². The summed E-state index contributed by atoms with van der Waals surface area (Å²) in [6.07, 6.45) is 6.75. The third-order valence-electron chi connectivity index (χ3n) is 5.34. The fourth-order valence-corrected chi connectivity index (χ4v) is 4.62. The quantitative estimate of drug-likeness (QED) is 0.280. The summed E-state index contributed by atoms with van der Waals surface area (Å²) < 4.78 is 26.3. The van der Waals surface area contributed by atoms with Gasteiger partial charge in [0.2, 0.25) is 6.23 Å². The zero-order chi connectivity index (χ0) is 22.2. The Morgan fingerprint density at radius 1 is 1.23 bits per heavy atom. The molecule has 0 aliphatic carbocycles. The van der Waals surface area contributed by atoms with Gasteiger partial charge in [-0.3, -0.25) is 4.48 Å². The van der Waals surface area contributed by atoms with Crippen molar-refractivity contribution in [1.82, 2.24) is 8.75 Å². The van der Waals surface area contributed by atoms with Crippen LogP contribution < -0.4 is 4.74 Å². The van der Waals surface area contributed by atoms with Gasteiger partial charge in [0.05, 0.1) is 43.9 Å². The second kappa shape index (κ2) is 11.1. The van der Waals surface area contributed by atoms with Gasteiger partial charge in [-0.2, -0.15) is 4.37 Å². The second-order valence-corrected chi connectivity index (χ2v) is 9.75. The van der Waals surface area contributed by atoms with E-state index in [0.717, 1.165) is 30.7 Å². The Morgan fingerprint density at radius 3 is 2.67 bits per heavy atom. The van der Waals surface area contributed by atoms with Crippen molar-refractivity contribution in [3.63, 3.8) is 0 Å². The van der Waals surface area contributed by atoms with Crippen molar-refractivity contribution in [3.8, 4) is 5.88 Å². The summed E-state index contributed by atoms with van der Waals surface area (Å²) in [6, 6.07) is 0. The van der Waals surface area contributed by atoms with E-state index in [1.807, 2.05) is 0 Å². The maximum atomic E-state index is 12.1. The first-order valence-corrected chi connectivity index (χ1v) is 11.8. The first-order chi connectivity index (χ1) is 14.2. The lowest BCUT2D eigenvalue weighted by Crippen LogP contribution is -2.61. The van der Waals surface area contributed by atoms with Gasteiger partial charge in [-0.05, 0) is 13.3 Å². The minimum atomic E-state index is -0.612. The van der Waals surface area contributed by atoms with Gasteiger partial charge >= 0.3 is 6.16 Å². The van der Waals surface area contributed by atoms with Gasteiger partial charge in [-0.1, -0.05) is 53.0 Å². The van der Waals surface area contributed by atoms with Crippen LogP contribution in [0.25, 0.3) is 5.57 Å². The number of ether oxygens (including phenoxy) is 3. The minimum absolute atomic E-state index is 0.247. The molecule has 0 spiro atoms. The smallest absolute Gasteiger partial charge is 0.475 e. The molecule has 1 aliphatic heterocycles. The van der Waals surface area contributed by atoms with E-state index >= 15 is 0 Å². The summed E-state index contributed by atoms with van der Waals surface area (Å²) in [5.41, 5.74) is 1.68. The Kier molecular flexibility index (Phi) is 9.09. The van der Waals surface area contributed by atoms with Gasteiger partial charge in [0.15, 0.2) is 0 Å². The molecule has 2 rings (SSSR count). The number of likely N-dealkylation sites (N-methyl/N-ethyl adjacent to an activating group) is 1. The number of quaternary nitrogens is 1. The van der Waals surface area contributed by atoms with Crippen molar-refractivity contribution >= 4 is 23.5 Å². The van der Waals surface area contributed by atoms with Gasteiger partial charge in [0, 0.05) is 12.0 Å². The molecule has 0 aromatic carbocycles. The van der Waals surface area contributed by atoms with Crippen LogP contribution in [0.2, 0.25) is 0 Å². The molecule has 1 aromatic rings. The summed E-state index contributed by atoms with van der Waals surface area (Å²) in [6.45, 7) is 12.8. The summed E-state index contributed by atoms with van der Waals surface area (Å²) in [7, 11) is 2.13. The standard InChI is InChI=1S/C22H38N3O4S/c1-7-9-10-11-15-28-19-18(23-30-24-19)17-13-12-14-25(6,16-17)20(22(3,4)5)29-21(26)27-8-2/h13,20H,7-12,14-16H2,1-6H3/q+1. The maximum absolute atomic E-state index is 12.1. The number of rotatable bonds is 10. The van der Waals surface area contributed by atoms with Gasteiger partial charge < -0.3 is 14.2 Å². The third kappa shape index (κ3) is 6.67. The fourth-order valence-electron chi connectivity index (χ4n) is 4.09. The second-order valence-electron chi connectivity index (χ2n) is 9.23. The van der Waals surface area contributed by atoms with Crippen molar-refractivity contribution < 1.29 is 23.5 Å². The van der Waals surface area contributed by atoms with Crippen LogP contribution in [0.5, 0.6) is 5.88 Å². The first kappa shape index (κ1) is 24.6. The Morgan fingerprint density at radius 2 is 2.00 bits per heavy atom. The van der Waals surface area contributed by atoms with E-state index in [1.165, 1.54) is 31.0 Å². The highest BCUT2D eigenvalue weighted by atomic mass is 32.1. The van der Waals surface area contributed by atoms with Crippen molar-refractivity contribution in [2.75, 3.05) is 33.4 Å². The topological polar surface area (TPSA) is 70.5 Å². The molecule has 0 bridgehead atoms. The lowest BCUT2D eigenvalue weighted by atomic mass is 9.90. The number of unbranched alkanes of at least 4 members (excludes halogenated alkanes) is 3. The molecule has 2 unspecified atom stereocenters. The highest BCUT2D eigenvalue weighted by molar-refractivity contribution is 6.99. The number of carbonyl (C=O) groups is 1. The molecule has 7 nitrogen and oxygen atoms in total. The average molecular weight is 441 g/mol. The normalized spacial score (nSPS) is 20.4. The fraction of sp³-hybridized carbons (Fsp3) is 0.773. The highest BCUT2D eigenvalue weighted by Crippen LogP contribution is 2.37. The monoisotopic (exact) mass is 440 g/mol. The Balaban J connectivity index is 2.14. The van der Waals surface area contributed by atoms with Crippen LogP contribution in [0.1, 0.15) is 72.4 Å². The van der Waals surface area contributed by atoms with Crippen molar-refractivity contribution in [3.05, 3.63) is 11.8 Å². The van der Waals surface area contributed by atoms with Crippen molar-refractivity contribution in [2.45, 2.75) is 73.0 Å². The van der Waals surface area contributed by atoms with Crippen LogP contribution in [-0.4, -0.2) is 59.0 Å². The van der Waals surface area contributed by atoms with E-state index in [4.69, 9.17) is 14.2 Å². The summed E-state index contributed by atoms with van der Waals surface area (Å²) in [5.74, 6) is 0.620. The van der Waals surface area contributed by atoms with Crippen LogP contribution in [-0.2, 0) is 9.47 Å². The highest BCUT2D eigenvalue weighted by Gasteiger charge is 2.46. The third-order valence-corrected chi connectivity index (χ3v) is 5.85. The largest absolute Gasteiger partial charge is 0.512 e. The Labute approximate surface area is 185 Å².